The van der Waals surface area contributed by atoms with Crippen LogP contribution in [-0.4, -0.2) is 18.3 Å². The Labute approximate surface area is 128 Å². The van der Waals surface area contributed by atoms with Crippen LogP contribution in [0.15, 0.2) is 24.3 Å². The summed E-state index contributed by atoms with van der Waals surface area (Å²) in [6.45, 7) is 1.35. The predicted octanol–water partition coefficient (Wildman–Crippen LogP) is 3.48. The maximum Gasteiger partial charge on any atom is 0.161 e. The van der Waals surface area contributed by atoms with Gasteiger partial charge in [0.15, 0.2) is 11.5 Å². The molecule has 1 N–H and O–H groups in total. The molecular formula is C17H18O3S. The Hall–Kier alpha value is -1.52. The maximum absolute atomic E-state index is 10.6. The number of aryl methyl sites for hydroxylation is 2. The summed E-state index contributed by atoms with van der Waals surface area (Å²) in [5, 5.41) is 10.6. The summed E-state index contributed by atoms with van der Waals surface area (Å²) in [5.74, 6) is 1.52. The molecule has 21 heavy (non-hydrogen) atoms. The SMILES string of the molecule is OC(c1ccc2c(c1)OCCCO2)c1cc2c(s1)CCC2. The molecule has 3 nitrogen and oxygen atoms in total. The monoisotopic (exact) mass is 302 g/mol. The van der Waals surface area contributed by atoms with Crippen LogP contribution in [0.5, 0.6) is 11.5 Å². The van der Waals surface area contributed by atoms with E-state index in [0.29, 0.717) is 13.2 Å². The summed E-state index contributed by atoms with van der Waals surface area (Å²) in [6.07, 6.45) is 3.89. The van der Waals surface area contributed by atoms with Gasteiger partial charge in [-0.1, -0.05) is 6.07 Å². The van der Waals surface area contributed by atoms with Crippen molar-refractivity contribution in [3.05, 3.63) is 45.1 Å². The minimum Gasteiger partial charge on any atom is -0.490 e. The molecule has 0 spiro atoms. The molecule has 0 bridgehead atoms. The standard InChI is InChI=1S/C17H18O3S/c18-17(16-10-11-3-1-4-15(11)21-16)12-5-6-13-14(9-12)20-8-2-7-19-13/h5-6,9-10,17-18H,1-4,7-8H2. The molecule has 1 unspecified atom stereocenters. The van der Waals surface area contributed by atoms with E-state index in [-0.39, 0.29) is 0 Å². The van der Waals surface area contributed by atoms with Crippen molar-refractivity contribution in [3.63, 3.8) is 0 Å². The van der Waals surface area contributed by atoms with E-state index < -0.39 is 6.10 Å². The van der Waals surface area contributed by atoms with Crippen LogP contribution in [0.1, 0.15) is 39.8 Å². The molecule has 1 aliphatic heterocycles. The predicted molar refractivity (Wildman–Crippen MR) is 82.5 cm³/mol. The Bertz CT molecular complexity index is 641. The molecule has 2 heterocycles. The molecule has 1 aliphatic carbocycles. The van der Waals surface area contributed by atoms with Gasteiger partial charge >= 0.3 is 0 Å². The number of ether oxygens (including phenoxy) is 2. The number of rotatable bonds is 2. The van der Waals surface area contributed by atoms with E-state index in [1.165, 1.54) is 16.9 Å². The molecule has 4 heteroatoms. The first-order valence-corrected chi connectivity index (χ1v) is 8.32. The first kappa shape index (κ1) is 13.2. The fraction of sp³-hybridized carbons (Fsp3) is 0.412. The number of benzene rings is 1. The largest absolute Gasteiger partial charge is 0.490 e. The Kier molecular flexibility index (Phi) is 3.36. The molecule has 2 aromatic rings. The highest BCUT2D eigenvalue weighted by Crippen LogP contribution is 2.38. The molecule has 1 aromatic heterocycles. The smallest absolute Gasteiger partial charge is 0.161 e. The van der Waals surface area contributed by atoms with E-state index in [1.54, 1.807) is 11.3 Å². The third-order valence-corrected chi connectivity index (χ3v) is 5.41. The van der Waals surface area contributed by atoms with Crippen LogP contribution in [0, 0.1) is 0 Å². The van der Waals surface area contributed by atoms with Gasteiger partial charge in [-0.25, -0.2) is 0 Å². The highest BCUT2D eigenvalue weighted by molar-refractivity contribution is 7.12. The first-order chi connectivity index (χ1) is 10.3. The lowest BCUT2D eigenvalue weighted by atomic mass is 10.1. The van der Waals surface area contributed by atoms with Crippen molar-refractivity contribution in [2.75, 3.05) is 13.2 Å². The Morgan fingerprint density at radius 1 is 1.00 bits per heavy atom. The number of aliphatic hydroxyl groups is 1. The van der Waals surface area contributed by atoms with Crippen LogP contribution in [-0.2, 0) is 12.8 Å². The lowest BCUT2D eigenvalue weighted by molar-refractivity contribution is 0.223. The van der Waals surface area contributed by atoms with Crippen LogP contribution in [0.4, 0.5) is 0 Å². The van der Waals surface area contributed by atoms with Crippen molar-refractivity contribution >= 4 is 11.3 Å². The van der Waals surface area contributed by atoms with Gasteiger partial charge in [0.2, 0.25) is 0 Å². The number of fused-ring (bicyclic) bond motifs is 2. The molecule has 2 aliphatic rings. The van der Waals surface area contributed by atoms with Crippen molar-refractivity contribution in [1.29, 1.82) is 0 Å². The fourth-order valence-corrected chi connectivity index (χ4v) is 4.27. The van der Waals surface area contributed by atoms with Crippen molar-refractivity contribution in [1.82, 2.24) is 0 Å². The molecular weight excluding hydrogens is 284 g/mol. The zero-order chi connectivity index (χ0) is 14.2. The summed E-state index contributed by atoms with van der Waals surface area (Å²) in [5.41, 5.74) is 2.29. The first-order valence-electron chi connectivity index (χ1n) is 7.50. The van der Waals surface area contributed by atoms with Crippen LogP contribution < -0.4 is 9.47 Å². The van der Waals surface area contributed by atoms with Gasteiger partial charge in [0, 0.05) is 16.2 Å². The Morgan fingerprint density at radius 3 is 2.71 bits per heavy atom. The van der Waals surface area contributed by atoms with E-state index in [1.807, 2.05) is 18.2 Å². The lowest BCUT2D eigenvalue weighted by Gasteiger charge is -2.13. The normalized spacial score (nSPS) is 18.1. The fourth-order valence-electron chi connectivity index (χ4n) is 3.00. The third kappa shape index (κ3) is 2.43. The minimum atomic E-state index is -0.572. The van der Waals surface area contributed by atoms with Crippen molar-refractivity contribution in [2.24, 2.45) is 0 Å². The zero-order valence-electron chi connectivity index (χ0n) is 11.8. The molecule has 0 radical (unpaired) electrons. The van der Waals surface area contributed by atoms with Crippen molar-refractivity contribution < 1.29 is 14.6 Å². The zero-order valence-corrected chi connectivity index (χ0v) is 12.6. The van der Waals surface area contributed by atoms with E-state index in [2.05, 4.69) is 6.07 Å². The quantitative estimate of drug-likeness (QED) is 0.923. The van der Waals surface area contributed by atoms with Crippen LogP contribution in [0.3, 0.4) is 0 Å². The van der Waals surface area contributed by atoms with Crippen molar-refractivity contribution in [2.45, 2.75) is 31.8 Å². The minimum absolute atomic E-state index is 0.572. The third-order valence-electron chi connectivity index (χ3n) is 4.12. The van der Waals surface area contributed by atoms with Gasteiger partial charge in [-0.2, -0.15) is 0 Å². The van der Waals surface area contributed by atoms with E-state index in [0.717, 1.165) is 41.2 Å². The van der Waals surface area contributed by atoms with Gasteiger partial charge in [-0.3, -0.25) is 0 Å². The molecule has 4 rings (SSSR count). The molecule has 1 atom stereocenters. The number of aliphatic hydroxyl groups excluding tert-OH is 1. The molecule has 0 amide bonds. The lowest BCUT2D eigenvalue weighted by Crippen LogP contribution is -1.99. The van der Waals surface area contributed by atoms with E-state index in [4.69, 9.17) is 9.47 Å². The van der Waals surface area contributed by atoms with Gasteiger partial charge in [0.05, 0.1) is 13.2 Å². The average molecular weight is 302 g/mol. The van der Waals surface area contributed by atoms with Gasteiger partial charge in [-0.15, -0.1) is 11.3 Å². The summed E-state index contributed by atoms with van der Waals surface area (Å²) in [7, 11) is 0. The second kappa shape index (κ2) is 5.35. The van der Waals surface area contributed by atoms with Crippen LogP contribution in [0.25, 0.3) is 0 Å². The second-order valence-corrected chi connectivity index (χ2v) is 6.78. The summed E-state index contributed by atoms with van der Waals surface area (Å²) in [6, 6.07) is 7.92. The average Bonchev–Trinajstić information content (AvgIpc) is 3.00. The Morgan fingerprint density at radius 2 is 1.86 bits per heavy atom. The summed E-state index contributed by atoms with van der Waals surface area (Å²) in [4.78, 5) is 2.48. The topological polar surface area (TPSA) is 38.7 Å². The van der Waals surface area contributed by atoms with Crippen LogP contribution in [0.2, 0.25) is 0 Å². The summed E-state index contributed by atoms with van der Waals surface area (Å²) < 4.78 is 11.3. The molecule has 110 valence electrons. The maximum atomic E-state index is 10.6. The van der Waals surface area contributed by atoms with E-state index in [9.17, 15) is 5.11 Å². The molecule has 0 saturated heterocycles. The van der Waals surface area contributed by atoms with Gasteiger partial charge in [0.25, 0.3) is 0 Å². The van der Waals surface area contributed by atoms with Crippen LogP contribution >= 0.6 is 11.3 Å². The van der Waals surface area contributed by atoms with E-state index >= 15 is 0 Å². The summed E-state index contributed by atoms with van der Waals surface area (Å²) >= 11 is 1.74. The molecule has 0 saturated carbocycles. The number of thiophene rings is 1. The number of hydrogen-bond acceptors (Lipinski definition) is 4. The second-order valence-electron chi connectivity index (χ2n) is 5.61. The van der Waals surface area contributed by atoms with Gasteiger partial charge in [-0.05, 0) is 48.6 Å². The highest BCUT2D eigenvalue weighted by Gasteiger charge is 2.21. The number of hydrogen-bond donors (Lipinski definition) is 1. The van der Waals surface area contributed by atoms with Gasteiger partial charge < -0.3 is 14.6 Å². The Balaban J connectivity index is 1.64. The highest BCUT2D eigenvalue weighted by atomic mass is 32.1. The van der Waals surface area contributed by atoms with Crippen molar-refractivity contribution in [3.8, 4) is 11.5 Å². The molecule has 1 aromatic carbocycles. The molecule has 0 fully saturated rings. The van der Waals surface area contributed by atoms with Gasteiger partial charge in [0.1, 0.15) is 6.10 Å².